The largest absolute Gasteiger partial charge is 0.348 e. The van der Waals surface area contributed by atoms with Crippen LogP contribution in [0.1, 0.15) is 75.7 Å². The van der Waals surface area contributed by atoms with Gasteiger partial charge >= 0.3 is 11.4 Å². The van der Waals surface area contributed by atoms with Crippen LogP contribution in [0.25, 0.3) is 5.57 Å². The minimum atomic E-state index is -0.0714. The predicted molar refractivity (Wildman–Crippen MR) is 127 cm³/mol. The van der Waals surface area contributed by atoms with E-state index in [-0.39, 0.29) is 40.3 Å². The van der Waals surface area contributed by atoms with Gasteiger partial charge in [-0.15, -0.1) is 0 Å². The smallest absolute Gasteiger partial charge is 0.246 e. The van der Waals surface area contributed by atoms with Crippen molar-refractivity contribution in [2.24, 2.45) is 28.6 Å². The van der Waals surface area contributed by atoms with Gasteiger partial charge in [0, 0.05) is 17.9 Å². The van der Waals surface area contributed by atoms with Gasteiger partial charge in [-0.3, -0.25) is 0 Å². The first-order valence-corrected chi connectivity index (χ1v) is 12.8. The molecular formula is C28H31N3O2. The zero-order chi connectivity index (χ0) is 22.4. The first-order valence-electron chi connectivity index (χ1n) is 12.8. The Morgan fingerprint density at radius 1 is 0.909 bits per heavy atom. The fourth-order valence-corrected chi connectivity index (χ4v) is 9.07. The van der Waals surface area contributed by atoms with Crippen LogP contribution < -0.4 is 11.4 Å². The van der Waals surface area contributed by atoms with E-state index in [2.05, 4.69) is 57.2 Å². The van der Waals surface area contributed by atoms with E-state index in [4.69, 9.17) is 0 Å². The van der Waals surface area contributed by atoms with E-state index in [1.165, 1.54) is 28.7 Å². The SMILES string of the molecule is CC1(C)[C@@H]2CC[C@]1(C)[C@H](n1c(=O)n3n(c1=O)[C@H]1C4=C(c5ccccc5CC4)[C@H]3[C@@H]3C=C[C@@H]31)C2. The molecule has 9 rings (SSSR count). The van der Waals surface area contributed by atoms with Crippen LogP contribution in [0.15, 0.2) is 51.6 Å². The highest BCUT2D eigenvalue weighted by Gasteiger charge is 2.63. The van der Waals surface area contributed by atoms with Crippen molar-refractivity contribution >= 4 is 5.57 Å². The molecule has 7 atom stereocenters. The Hall–Kier alpha value is -2.56. The average Bonchev–Trinajstić information content (AvgIpc) is 3.25. The summed E-state index contributed by atoms with van der Waals surface area (Å²) in [6.45, 7) is 7.04. The highest BCUT2D eigenvalue weighted by molar-refractivity contribution is 5.79. The van der Waals surface area contributed by atoms with E-state index in [0.717, 1.165) is 25.7 Å². The topological polar surface area (TPSA) is 48.9 Å². The standard InChI is InChI=1S/C28H31N3O2/c1-27(2)16-12-13-28(27,3)21(14-16)29-25(32)30-23-18-10-11-19(18)24(31(30)26(29)33)22-17-7-5-4-6-15(17)8-9-20(22)23/h4-7,10-11,16,18-19,21,23-24H,8-9,12-14H2,1-3H3/t16-,18+,19-,21-,23-,24-,28-/m1/s1. The molecule has 0 unspecified atom stereocenters. The number of rotatable bonds is 1. The molecule has 1 aromatic heterocycles. The van der Waals surface area contributed by atoms with E-state index in [1.807, 2.05) is 9.36 Å². The van der Waals surface area contributed by atoms with Gasteiger partial charge in [-0.1, -0.05) is 57.2 Å². The molecule has 0 spiro atoms. The number of fused-ring (bicyclic) bond motifs is 3. The molecule has 2 aliphatic heterocycles. The Balaban J connectivity index is 1.37. The number of aryl methyl sites for hydroxylation is 1. The Morgan fingerprint density at radius 2 is 1.61 bits per heavy atom. The Morgan fingerprint density at radius 3 is 2.27 bits per heavy atom. The fraction of sp³-hybridized carbons (Fsp3) is 0.571. The van der Waals surface area contributed by atoms with Crippen LogP contribution in [0.3, 0.4) is 0 Å². The maximum absolute atomic E-state index is 14.2. The number of hydrogen-bond donors (Lipinski definition) is 0. The maximum atomic E-state index is 14.2. The van der Waals surface area contributed by atoms with Crippen molar-refractivity contribution in [3.63, 3.8) is 0 Å². The molecule has 170 valence electrons. The van der Waals surface area contributed by atoms with E-state index >= 15 is 0 Å². The fourth-order valence-electron chi connectivity index (χ4n) is 9.07. The number of aromatic nitrogens is 3. The molecule has 2 fully saturated rings. The third-order valence-corrected chi connectivity index (χ3v) is 11.3. The number of benzene rings is 1. The van der Waals surface area contributed by atoms with E-state index < -0.39 is 0 Å². The molecule has 4 bridgehead atoms. The molecule has 1 aromatic carbocycles. The number of allylic oxidation sites excluding steroid dienone is 4. The third kappa shape index (κ3) is 1.85. The van der Waals surface area contributed by atoms with Crippen LogP contribution in [0.5, 0.6) is 0 Å². The van der Waals surface area contributed by atoms with Gasteiger partial charge in [-0.2, -0.15) is 0 Å². The molecule has 0 amide bonds. The van der Waals surface area contributed by atoms with Crippen molar-refractivity contribution < 1.29 is 0 Å². The summed E-state index contributed by atoms with van der Waals surface area (Å²) in [5.41, 5.74) is 5.45. The van der Waals surface area contributed by atoms with Gasteiger partial charge in [-0.25, -0.2) is 23.5 Å². The lowest BCUT2D eigenvalue weighted by Gasteiger charge is -2.54. The lowest BCUT2D eigenvalue weighted by atomic mass is 9.59. The molecule has 2 aromatic rings. The van der Waals surface area contributed by atoms with Crippen LogP contribution in [0, 0.1) is 28.6 Å². The molecule has 7 aliphatic rings. The lowest BCUT2D eigenvalue weighted by Crippen LogP contribution is -2.54. The quantitative estimate of drug-likeness (QED) is 0.612. The van der Waals surface area contributed by atoms with Crippen molar-refractivity contribution in [3.8, 4) is 0 Å². The first kappa shape index (κ1) is 18.8. The van der Waals surface area contributed by atoms with E-state index in [9.17, 15) is 9.59 Å². The second-order valence-corrected chi connectivity index (χ2v) is 12.3. The summed E-state index contributed by atoms with van der Waals surface area (Å²) in [5, 5.41) is 0. The molecule has 5 nitrogen and oxygen atoms in total. The second kappa shape index (κ2) is 5.56. The van der Waals surface area contributed by atoms with E-state index in [1.54, 1.807) is 4.57 Å². The average molecular weight is 442 g/mol. The summed E-state index contributed by atoms with van der Waals surface area (Å²) >= 11 is 0. The highest BCUT2D eigenvalue weighted by atomic mass is 16.2. The Bertz CT molecular complexity index is 1430. The molecule has 33 heavy (non-hydrogen) atoms. The van der Waals surface area contributed by atoms with Gasteiger partial charge in [-0.05, 0) is 71.1 Å². The summed E-state index contributed by atoms with van der Waals surface area (Å²) in [4.78, 5) is 28.3. The van der Waals surface area contributed by atoms with Gasteiger partial charge < -0.3 is 0 Å². The van der Waals surface area contributed by atoms with Gasteiger partial charge in [0.25, 0.3) is 0 Å². The predicted octanol–water partition coefficient (Wildman–Crippen LogP) is 4.51. The Labute approximate surface area is 193 Å². The minimum Gasteiger partial charge on any atom is -0.246 e. The molecule has 0 N–H and O–H groups in total. The van der Waals surface area contributed by atoms with Gasteiger partial charge in [0.1, 0.15) is 0 Å². The summed E-state index contributed by atoms with van der Waals surface area (Å²) in [6, 6.07) is 8.64. The molecule has 5 aliphatic carbocycles. The van der Waals surface area contributed by atoms with Gasteiger partial charge in [0.05, 0.1) is 12.1 Å². The molecule has 5 heteroatoms. The van der Waals surface area contributed by atoms with Gasteiger partial charge in [0.15, 0.2) is 0 Å². The van der Waals surface area contributed by atoms with Crippen molar-refractivity contribution in [1.82, 2.24) is 13.9 Å². The number of nitrogens with zero attached hydrogens (tertiary/aromatic N) is 3. The van der Waals surface area contributed by atoms with Crippen molar-refractivity contribution in [2.75, 3.05) is 0 Å². The molecular weight excluding hydrogens is 410 g/mol. The highest BCUT2D eigenvalue weighted by Crippen LogP contribution is 2.69. The van der Waals surface area contributed by atoms with Crippen LogP contribution in [0.2, 0.25) is 0 Å². The summed E-state index contributed by atoms with van der Waals surface area (Å²) < 4.78 is 5.49. The third-order valence-electron chi connectivity index (χ3n) is 11.3. The molecule has 3 heterocycles. The van der Waals surface area contributed by atoms with Crippen LogP contribution >= 0.6 is 0 Å². The molecule has 2 saturated carbocycles. The van der Waals surface area contributed by atoms with E-state index in [0.29, 0.717) is 17.8 Å². The van der Waals surface area contributed by atoms with Crippen LogP contribution in [-0.4, -0.2) is 13.9 Å². The number of hydrogen-bond acceptors (Lipinski definition) is 2. The van der Waals surface area contributed by atoms with Crippen LogP contribution in [0.4, 0.5) is 0 Å². The zero-order valence-electron chi connectivity index (χ0n) is 19.6. The van der Waals surface area contributed by atoms with Crippen molar-refractivity contribution in [3.05, 3.63) is 74.1 Å². The molecule has 0 radical (unpaired) electrons. The zero-order valence-corrected chi connectivity index (χ0v) is 19.6. The molecule has 0 saturated heterocycles. The second-order valence-electron chi connectivity index (χ2n) is 12.3. The van der Waals surface area contributed by atoms with Gasteiger partial charge in [0.2, 0.25) is 0 Å². The summed E-state index contributed by atoms with van der Waals surface area (Å²) in [5.74, 6) is 1.26. The summed E-state index contributed by atoms with van der Waals surface area (Å²) in [6.07, 6.45) is 9.86. The monoisotopic (exact) mass is 441 g/mol. The maximum Gasteiger partial charge on any atom is 0.348 e. The minimum absolute atomic E-state index is 0.00531. The van der Waals surface area contributed by atoms with Crippen LogP contribution in [-0.2, 0) is 6.42 Å². The lowest BCUT2D eigenvalue weighted by molar-refractivity contribution is 0.103. The first-order chi connectivity index (χ1) is 15.8. The van der Waals surface area contributed by atoms with Crippen molar-refractivity contribution in [1.29, 1.82) is 0 Å². The summed E-state index contributed by atoms with van der Waals surface area (Å²) in [7, 11) is 0. The Kier molecular flexibility index (Phi) is 3.17. The normalized spacial score (nSPS) is 40.3. The van der Waals surface area contributed by atoms with Crippen molar-refractivity contribution in [2.45, 2.75) is 71.0 Å².